The van der Waals surface area contributed by atoms with Crippen molar-refractivity contribution in [3.63, 3.8) is 0 Å². The van der Waals surface area contributed by atoms with Crippen LogP contribution in [-0.4, -0.2) is 37.4 Å². The van der Waals surface area contributed by atoms with E-state index < -0.39 is 11.7 Å². The third-order valence-electron chi connectivity index (χ3n) is 3.57. The highest BCUT2D eigenvalue weighted by Crippen LogP contribution is 2.30. The first-order valence-corrected chi connectivity index (χ1v) is 7.52. The highest BCUT2D eigenvalue weighted by atomic mass is 19.1. The van der Waals surface area contributed by atoms with Crippen molar-refractivity contribution in [2.75, 3.05) is 24.5 Å². The van der Waals surface area contributed by atoms with E-state index in [1.807, 2.05) is 20.8 Å². The molecule has 1 atom stereocenters. The van der Waals surface area contributed by atoms with Crippen LogP contribution < -0.4 is 16.0 Å². The third kappa shape index (κ3) is 4.10. The van der Waals surface area contributed by atoms with Crippen LogP contribution in [-0.2, 0) is 11.2 Å². The Kier molecular flexibility index (Phi) is 4.90. The predicted molar refractivity (Wildman–Crippen MR) is 84.5 cm³/mol. The summed E-state index contributed by atoms with van der Waals surface area (Å²) in [5.41, 5.74) is 7.27. The molecule has 0 saturated carbocycles. The smallest absolute Gasteiger partial charge is 0.407 e. The number of carbonyl (C=O) groups is 1. The van der Waals surface area contributed by atoms with E-state index in [2.05, 4.69) is 10.2 Å². The molecule has 0 saturated heterocycles. The molecule has 1 aromatic rings. The van der Waals surface area contributed by atoms with E-state index in [4.69, 9.17) is 10.5 Å². The first kappa shape index (κ1) is 16.5. The number of rotatable bonds is 4. The number of nitrogens with zero attached hydrogens (tertiary/aromatic N) is 1. The van der Waals surface area contributed by atoms with Crippen molar-refractivity contribution in [3.05, 3.63) is 29.6 Å². The van der Waals surface area contributed by atoms with Gasteiger partial charge in [0.15, 0.2) is 0 Å². The highest BCUT2D eigenvalue weighted by Gasteiger charge is 2.26. The molecular weight excluding hydrogens is 285 g/mol. The Hall–Kier alpha value is -1.82. The molecule has 5 nitrogen and oxygen atoms in total. The maximum Gasteiger partial charge on any atom is 0.407 e. The van der Waals surface area contributed by atoms with E-state index in [9.17, 15) is 9.18 Å². The summed E-state index contributed by atoms with van der Waals surface area (Å²) in [6.07, 6.45) is 0.392. The Bertz CT molecular complexity index is 543. The van der Waals surface area contributed by atoms with Gasteiger partial charge in [-0.3, -0.25) is 0 Å². The molecule has 22 heavy (non-hydrogen) atoms. The maximum atomic E-state index is 13.5. The zero-order valence-electron chi connectivity index (χ0n) is 13.4. The van der Waals surface area contributed by atoms with Crippen molar-refractivity contribution in [2.24, 2.45) is 5.73 Å². The summed E-state index contributed by atoms with van der Waals surface area (Å²) in [6.45, 7) is 6.94. The fourth-order valence-corrected chi connectivity index (χ4v) is 2.59. The summed E-state index contributed by atoms with van der Waals surface area (Å²) < 4.78 is 18.7. The van der Waals surface area contributed by atoms with Crippen molar-refractivity contribution in [3.8, 4) is 0 Å². The quantitative estimate of drug-likeness (QED) is 0.893. The summed E-state index contributed by atoms with van der Waals surface area (Å²) in [7, 11) is 0. The molecule has 0 aliphatic carbocycles. The van der Waals surface area contributed by atoms with Crippen LogP contribution in [0.15, 0.2) is 18.2 Å². The molecule has 2 rings (SSSR count). The Morgan fingerprint density at radius 2 is 2.23 bits per heavy atom. The van der Waals surface area contributed by atoms with E-state index in [1.54, 1.807) is 6.07 Å². The van der Waals surface area contributed by atoms with Gasteiger partial charge in [-0.05, 0) is 44.9 Å². The molecule has 1 aliphatic heterocycles. The minimum Gasteiger partial charge on any atom is -0.444 e. The van der Waals surface area contributed by atoms with Crippen molar-refractivity contribution in [1.29, 1.82) is 0 Å². The van der Waals surface area contributed by atoms with E-state index in [1.165, 1.54) is 12.1 Å². The normalized spacial score (nSPS) is 15.4. The number of halogens is 1. The van der Waals surface area contributed by atoms with Gasteiger partial charge in [-0.15, -0.1) is 0 Å². The first-order chi connectivity index (χ1) is 10.3. The van der Waals surface area contributed by atoms with E-state index >= 15 is 0 Å². The van der Waals surface area contributed by atoms with Crippen LogP contribution in [0.4, 0.5) is 14.9 Å². The van der Waals surface area contributed by atoms with Crippen LogP contribution in [0, 0.1) is 5.82 Å². The van der Waals surface area contributed by atoms with Crippen molar-refractivity contribution < 1.29 is 13.9 Å². The lowest BCUT2D eigenvalue weighted by Gasteiger charge is -2.30. The van der Waals surface area contributed by atoms with Gasteiger partial charge in [0.2, 0.25) is 0 Å². The third-order valence-corrected chi connectivity index (χ3v) is 3.57. The molecule has 0 spiro atoms. The number of ether oxygens (including phenoxy) is 1. The molecule has 1 aromatic carbocycles. The lowest BCUT2D eigenvalue weighted by Crippen LogP contribution is -2.48. The standard InChI is InChI=1S/C16H24FN3O2/c1-16(2,3)22-15(21)19-10-13(9-18)20-7-6-11-4-5-12(17)8-14(11)20/h4-5,8,13H,6-7,9-10,18H2,1-3H3,(H,19,21). The molecule has 1 aliphatic rings. The second kappa shape index (κ2) is 6.52. The fourth-order valence-electron chi connectivity index (χ4n) is 2.59. The minimum atomic E-state index is -0.536. The Morgan fingerprint density at radius 3 is 2.86 bits per heavy atom. The summed E-state index contributed by atoms with van der Waals surface area (Å²) >= 11 is 0. The zero-order chi connectivity index (χ0) is 16.3. The van der Waals surface area contributed by atoms with Crippen LogP contribution in [0.5, 0.6) is 0 Å². The zero-order valence-corrected chi connectivity index (χ0v) is 13.4. The topological polar surface area (TPSA) is 67.6 Å². The summed E-state index contributed by atoms with van der Waals surface area (Å²) in [5.74, 6) is -0.262. The second-order valence-corrected chi connectivity index (χ2v) is 6.49. The summed E-state index contributed by atoms with van der Waals surface area (Å²) in [6, 6.07) is 4.71. The molecule has 0 fully saturated rings. The Morgan fingerprint density at radius 1 is 1.50 bits per heavy atom. The molecule has 0 aromatic heterocycles. The number of alkyl carbamates (subject to hydrolysis) is 1. The molecular formula is C16H24FN3O2. The number of hydrogen-bond acceptors (Lipinski definition) is 4. The number of hydrogen-bond donors (Lipinski definition) is 2. The minimum absolute atomic E-state index is 0.0874. The second-order valence-electron chi connectivity index (χ2n) is 6.49. The molecule has 6 heteroatoms. The van der Waals surface area contributed by atoms with Gasteiger partial charge in [-0.1, -0.05) is 6.07 Å². The van der Waals surface area contributed by atoms with Gasteiger partial charge in [0, 0.05) is 25.3 Å². The lowest BCUT2D eigenvalue weighted by atomic mass is 10.1. The van der Waals surface area contributed by atoms with E-state index in [0.29, 0.717) is 13.1 Å². The average Bonchev–Trinajstić information content (AvgIpc) is 2.81. The number of carbonyl (C=O) groups excluding carboxylic acids is 1. The maximum absolute atomic E-state index is 13.5. The van der Waals surface area contributed by atoms with E-state index in [-0.39, 0.29) is 11.9 Å². The molecule has 1 heterocycles. The first-order valence-electron chi connectivity index (χ1n) is 7.52. The van der Waals surface area contributed by atoms with Gasteiger partial charge in [0.1, 0.15) is 11.4 Å². The van der Waals surface area contributed by atoms with Crippen molar-refractivity contribution in [1.82, 2.24) is 5.32 Å². The van der Waals surface area contributed by atoms with Gasteiger partial charge >= 0.3 is 6.09 Å². The number of nitrogens with two attached hydrogens (primary N) is 1. The monoisotopic (exact) mass is 309 g/mol. The van der Waals surface area contributed by atoms with Gasteiger partial charge in [0.25, 0.3) is 0 Å². The molecule has 0 bridgehead atoms. The Labute approximate surface area is 130 Å². The van der Waals surface area contributed by atoms with Crippen LogP contribution in [0.2, 0.25) is 0 Å². The molecule has 1 amide bonds. The van der Waals surface area contributed by atoms with Crippen molar-refractivity contribution in [2.45, 2.75) is 38.8 Å². The molecule has 122 valence electrons. The molecule has 3 N–H and O–H groups in total. The van der Waals surface area contributed by atoms with Gasteiger partial charge in [0.05, 0.1) is 6.04 Å². The van der Waals surface area contributed by atoms with Crippen LogP contribution in [0.1, 0.15) is 26.3 Å². The van der Waals surface area contributed by atoms with Crippen LogP contribution in [0.25, 0.3) is 0 Å². The molecule has 1 unspecified atom stereocenters. The number of anilines is 1. The van der Waals surface area contributed by atoms with Gasteiger partial charge in [-0.2, -0.15) is 0 Å². The SMILES string of the molecule is CC(C)(C)OC(=O)NCC(CN)N1CCc2ccc(F)cc21. The van der Waals surface area contributed by atoms with Crippen molar-refractivity contribution >= 4 is 11.8 Å². The average molecular weight is 309 g/mol. The fraction of sp³-hybridized carbons (Fsp3) is 0.562. The number of amides is 1. The summed E-state index contributed by atoms with van der Waals surface area (Å²) in [4.78, 5) is 13.8. The largest absolute Gasteiger partial charge is 0.444 e. The summed E-state index contributed by atoms with van der Waals surface area (Å²) in [5, 5.41) is 2.74. The molecule has 0 radical (unpaired) electrons. The predicted octanol–water partition coefficient (Wildman–Crippen LogP) is 2.04. The van der Waals surface area contributed by atoms with Gasteiger partial charge < -0.3 is 20.7 Å². The van der Waals surface area contributed by atoms with Crippen LogP contribution in [0.3, 0.4) is 0 Å². The van der Waals surface area contributed by atoms with E-state index in [0.717, 1.165) is 24.2 Å². The Balaban J connectivity index is 1.99. The number of benzene rings is 1. The number of nitrogens with one attached hydrogen (secondary N) is 1. The highest BCUT2D eigenvalue weighted by molar-refractivity contribution is 5.68. The lowest BCUT2D eigenvalue weighted by molar-refractivity contribution is 0.0524. The van der Waals surface area contributed by atoms with Crippen LogP contribution >= 0.6 is 0 Å². The number of fused-ring (bicyclic) bond motifs is 1. The van der Waals surface area contributed by atoms with Gasteiger partial charge in [-0.25, -0.2) is 9.18 Å².